The highest BCUT2D eigenvalue weighted by Crippen LogP contribution is 2.30. The number of amides is 2. The van der Waals surface area contributed by atoms with Gasteiger partial charge in [0.1, 0.15) is 0 Å². The van der Waals surface area contributed by atoms with Crippen molar-refractivity contribution in [3.8, 4) is 0 Å². The zero-order valence-electron chi connectivity index (χ0n) is 19.2. The molecule has 5 nitrogen and oxygen atoms in total. The minimum Gasteiger partial charge on any atom is -0.346 e. The van der Waals surface area contributed by atoms with Crippen LogP contribution < -0.4 is 11.1 Å². The van der Waals surface area contributed by atoms with Crippen LogP contribution in [0.15, 0.2) is 42.0 Å². The Balaban J connectivity index is 1.49. The van der Waals surface area contributed by atoms with Gasteiger partial charge in [0.15, 0.2) is 0 Å². The first kappa shape index (κ1) is 23.5. The number of carbonyl (C=O) groups is 2. The van der Waals surface area contributed by atoms with Crippen molar-refractivity contribution in [2.24, 2.45) is 5.73 Å². The van der Waals surface area contributed by atoms with E-state index < -0.39 is 0 Å². The summed E-state index contributed by atoms with van der Waals surface area (Å²) in [6.45, 7) is 4.17. The lowest BCUT2D eigenvalue weighted by Gasteiger charge is -2.21. The Morgan fingerprint density at radius 1 is 1.12 bits per heavy atom. The van der Waals surface area contributed by atoms with Gasteiger partial charge in [0.25, 0.3) is 11.8 Å². The van der Waals surface area contributed by atoms with E-state index >= 15 is 0 Å². The average molecular weight is 466 g/mol. The molecule has 33 heavy (non-hydrogen) atoms. The fourth-order valence-corrected chi connectivity index (χ4v) is 4.96. The zero-order chi connectivity index (χ0) is 23.4. The summed E-state index contributed by atoms with van der Waals surface area (Å²) in [5, 5.41) is 3.95. The molecule has 1 saturated heterocycles. The van der Waals surface area contributed by atoms with Crippen LogP contribution in [-0.2, 0) is 6.42 Å². The summed E-state index contributed by atoms with van der Waals surface area (Å²) >= 11 is 6.17. The lowest BCUT2D eigenvalue weighted by molar-refractivity contribution is 0.0791. The maximum absolute atomic E-state index is 13.2. The van der Waals surface area contributed by atoms with Crippen LogP contribution in [0.5, 0.6) is 0 Å². The highest BCUT2D eigenvalue weighted by atomic mass is 35.5. The molecule has 0 spiro atoms. The molecule has 0 unspecified atom stereocenters. The molecular formula is C27H32ClN3O2. The van der Waals surface area contributed by atoms with Crippen molar-refractivity contribution in [3.63, 3.8) is 0 Å². The number of halogens is 1. The van der Waals surface area contributed by atoms with Gasteiger partial charge in [-0.3, -0.25) is 9.59 Å². The average Bonchev–Trinajstić information content (AvgIpc) is 3.48. The molecular weight excluding hydrogens is 434 g/mol. The van der Waals surface area contributed by atoms with Crippen LogP contribution in [0.2, 0.25) is 5.02 Å². The molecule has 2 amide bonds. The van der Waals surface area contributed by atoms with Crippen LogP contribution in [0.3, 0.4) is 0 Å². The number of rotatable bonds is 8. The molecule has 1 aliphatic carbocycles. The molecule has 2 aromatic rings. The minimum atomic E-state index is -0.120. The Bertz CT molecular complexity index is 1070. The van der Waals surface area contributed by atoms with E-state index in [9.17, 15) is 9.59 Å². The predicted molar refractivity (Wildman–Crippen MR) is 134 cm³/mol. The molecule has 0 radical (unpaired) electrons. The van der Waals surface area contributed by atoms with Crippen molar-refractivity contribution in [2.45, 2.75) is 51.5 Å². The third-order valence-corrected chi connectivity index (χ3v) is 6.89. The summed E-state index contributed by atoms with van der Waals surface area (Å²) in [4.78, 5) is 27.9. The number of hydrogen-bond donors (Lipinski definition) is 2. The summed E-state index contributed by atoms with van der Waals surface area (Å²) in [5.41, 5.74) is 11.3. The topological polar surface area (TPSA) is 75.4 Å². The number of nitrogens with zero attached hydrogens (tertiary/aromatic N) is 1. The smallest absolute Gasteiger partial charge is 0.254 e. The van der Waals surface area contributed by atoms with Crippen LogP contribution in [0.1, 0.15) is 69.5 Å². The molecule has 0 bridgehead atoms. The molecule has 0 saturated carbocycles. The Kier molecular flexibility index (Phi) is 7.51. The first-order valence-corrected chi connectivity index (χ1v) is 12.2. The maximum atomic E-state index is 13.2. The van der Waals surface area contributed by atoms with Gasteiger partial charge in [0.05, 0.1) is 6.04 Å². The van der Waals surface area contributed by atoms with Crippen LogP contribution in [-0.4, -0.2) is 42.4 Å². The molecule has 1 aliphatic heterocycles. The minimum absolute atomic E-state index is 0.0594. The Labute approximate surface area is 201 Å². The molecule has 1 fully saturated rings. The van der Waals surface area contributed by atoms with E-state index in [2.05, 4.69) is 17.5 Å². The van der Waals surface area contributed by atoms with Crippen molar-refractivity contribution in [1.82, 2.24) is 10.2 Å². The lowest BCUT2D eigenvalue weighted by atomic mass is 9.98. The number of nitrogens with one attached hydrogen (secondary N) is 1. The quantitative estimate of drug-likeness (QED) is 0.552. The van der Waals surface area contributed by atoms with E-state index in [-0.39, 0.29) is 17.9 Å². The van der Waals surface area contributed by atoms with Gasteiger partial charge in [0, 0.05) is 29.2 Å². The number of fused-ring (bicyclic) bond motifs is 1. The summed E-state index contributed by atoms with van der Waals surface area (Å²) in [5.74, 6) is -0.0601. The van der Waals surface area contributed by atoms with Crippen LogP contribution >= 0.6 is 11.6 Å². The molecule has 4 rings (SSSR count). The van der Waals surface area contributed by atoms with E-state index in [1.54, 1.807) is 12.1 Å². The Morgan fingerprint density at radius 3 is 2.64 bits per heavy atom. The first-order valence-electron chi connectivity index (χ1n) is 11.9. The van der Waals surface area contributed by atoms with Gasteiger partial charge in [-0.25, -0.2) is 0 Å². The maximum Gasteiger partial charge on any atom is 0.254 e. The molecule has 0 aromatic heterocycles. The fourth-order valence-electron chi connectivity index (χ4n) is 4.78. The summed E-state index contributed by atoms with van der Waals surface area (Å²) < 4.78 is 0. The molecule has 174 valence electrons. The standard InChI is InChI=1S/C27H32ClN3O2/c1-18-14-20(8-10-24(18)27(33)31-12-4-5-13-31)26(32)30-25(6-2-3-11-29)22-15-19-7-9-23(28)17-21(19)16-22/h7-10,14,16-17,25H,2-6,11-13,15,29H2,1H3,(H,30,32)/t25-/m0/s1. The zero-order valence-corrected chi connectivity index (χ0v) is 20.0. The lowest BCUT2D eigenvalue weighted by Crippen LogP contribution is -2.36. The van der Waals surface area contributed by atoms with Crippen molar-refractivity contribution >= 4 is 29.5 Å². The van der Waals surface area contributed by atoms with Crippen LogP contribution in [0.4, 0.5) is 0 Å². The number of likely N-dealkylation sites (tertiary alicyclic amines) is 1. The number of unbranched alkanes of at least 4 members (excludes halogenated alkanes) is 1. The summed E-state index contributed by atoms with van der Waals surface area (Å²) in [6, 6.07) is 11.3. The molecule has 6 heteroatoms. The summed E-state index contributed by atoms with van der Waals surface area (Å²) in [6.07, 6.45) is 7.77. The van der Waals surface area contributed by atoms with E-state index in [4.69, 9.17) is 17.3 Å². The van der Waals surface area contributed by atoms with Gasteiger partial charge < -0.3 is 16.0 Å². The van der Waals surface area contributed by atoms with Gasteiger partial charge in [-0.15, -0.1) is 0 Å². The van der Waals surface area contributed by atoms with E-state index in [0.29, 0.717) is 22.7 Å². The highest BCUT2D eigenvalue weighted by Gasteiger charge is 2.24. The largest absolute Gasteiger partial charge is 0.346 e. The van der Waals surface area contributed by atoms with E-state index in [1.165, 1.54) is 11.1 Å². The molecule has 2 aliphatic rings. The van der Waals surface area contributed by atoms with Crippen molar-refractivity contribution < 1.29 is 9.59 Å². The summed E-state index contributed by atoms with van der Waals surface area (Å²) in [7, 11) is 0. The third-order valence-electron chi connectivity index (χ3n) is 6.66. The number of aryl methyl sites for hydroxylation is 1. The normalized spacial score (nSPS) is 15.8. The second-order valence-corrected chi connectivity index (χ2v) is 9.52. The van der Waals surface area contributed by atoms with E-state index in [1.807, 2.05) is 30.0 Å². The predicted octanol–water partition coefficient (Wildman–Crippen LogP) is 4.75. The van der Waals surface area contributed by atoms with Gasteiger partial charge in [-0.1, -0.05) is 23.7 Å². The molecule has 1 heterocycles. The second kappa shape index (κ2) is 10.5. The second-order valence-electron chi connectivity index (χ2n) is 9.08. The monoisotopic (exact) mass is 465 g/mol. The van der Waals surface area contributed by atoms with Gasteiger partial charge in [-0.05, 0) is 105 Å². The molecule has 3 N–H and O–H groups in total. The van der Waals surface area contributed by atoms with Gasteiger partial charge in [0.2, 0.25) is 0 Å². The van der Waals surface area contributed by atoms with Gasteiger partial charge in [-0.2, -0.15) is 0 Å². The van der Waals surface area contributed by atoms with E-state index in [0.717, 1.165) is 62.7 Å². The SMILES string of the molecule is Cc1cc(C(=O)N[C@@H](CCCCN)C2=Cc3cc(Cl)ccc3C2)ccc1C(=O)N1CCCC1. The first-order chi connectivity index (χ1) is 16.0. The Hall–Kier alpha value is -2.63. The van der Waals surface area contributed by atoms with Crippen molar-refractivity contribution in [3.05, 3.63) is 74.8 Å². The fraction of sp³-hybridized carbons (Fsp3) is 0.407. The van der Waals surface area contributed by atoms with Crippen LogP contribution in [0.25, 0.3) is 6.08 Å². The van der Waals surface area contributed by atoms with Crippen LogP contribution in [0, 0.1) is 6.92 Å². The van der Waals surface area contributed by atoms with Gasteiger partial charge >= 0.3 is 0 Å². The van der Waals surface area contributed by atoms with Crippen molar-refractivity contribution in [1.29, 1.82) is 0 Å². The number of hydrogen-bond acceptors (Lipinski definition) is 3. The Morgan fingerprint density at radius 2 is 1.91 bits per heavy atom. The highest BCUT2D eigenvalue weighted by molar-refractivity contribution is 6.30. The number of nitrogens with two attached hydrogens (primary N) is 1. The number of carbonyl (C=O) groups excluding carboxylic acids is 2. The number of benzene rings is 2. The van der Waals surface area contributed by atoms with Crippen molar-refractivity contribution in [2.75, 3.05) is 19.6 Å². The molecule has 2 aromatic carbocycles. The molecule has 1 atom stereocenters. The third kappa shape index (κ3) is 5.48.